The summed E-state index contributed by atoms with van der Waals surface area (Å²) in [5.41, 5.74) is -1.48. The number of amides is 1. The second kappa shape index (κ2) is 7.06. The van der Waals surface area contributed by atoms with Gasteiger partial charge in [-0.05, 0) is 57.0 Å². The van der Waals surface area contributed by atoms with Gasteiger partial charge in [0.2, 0.25) is 10.0 Å². The molecule has 146 valence electrons. The van der Waals surface area contributed by atoms with Crippen molar-refractivity contribution in [3.05, 3.63) is 53.2 Å². The molecule has 3 N–H and O–H groups in total. The molecule has 1 heterocycles. The van der Waals surface area contributed by atoms with E-state index in [1.807, 2.05) is 0 Å². The lowest BCUT2D eigenvalue weighted by Gasteiger charge is -2.21. The van der Waals surface area contributed by atoms with Crippen LogP contribution in [0.25, 0.3) is 0 Å². The predicted octanol–water partition coefficient (Wildman–Crippen LogP) is 1.81. The van der Waals surface area contributed by atoms with Gasteiger partial charge in [0.25, 0.3) is 5.91 Å². The van der Waals surface area contributed by atoms with Gasteiger partial charge in [-0.15, -0.1) is 0 Å². The van der Waals surface area contributed by atoms with E-state index in [4.69, 9.17) is 4.42 Å². The lowest BCUT2D eigenvalue weighted by atomic mass is 10.0. The summed E-state index contributed by atoms with van der Waals surface area (Å²) < 4.78 is 46.2. The van der Waals surface area contributed by atoms with Crippen molar-refractivity contribution in [2.75, 3.05) is 6.54 Å². The van der Waals surface area contributed by atoms with Gasteiger partial charge in [-0.1, -0.05) is 0 Å². The molecule has 1 saturated carbocycles. The second-order valence-electron chi connectivity index (χ2n) is 6.91. The van der Waals surface area contributed by atoms with Crippen molar-refractivity contribution in [2.24, 2.45) is 0 Å². The highest BCUT2D eigenvalue weighted by Crippen LogP contribution is 2.25. The van der Waals surface area contributed by atoms with Gasteiger partial charge in [-0.3, -0.25) is 4.79 Å². The van der Waals surface area contributed by atoms with Crippen molar-refractivity contribution < 1.29 is 27.1 Å². The third kappa shape index (κ3) is 4.55. The van der Waals surface area contributed by atoms with Crippen LogP contribution in [0.2, 0.25) is 0 Å². The molecule has 3 rings (SSSR count). The zero-order chi connectivity index (χ0) is 19.8. The Labute approximate surface area is 156 Å². The first-order valence-corrected chi connectivity index (χ1v) is 9.96. The Hall–Kier alpha value is -2.23. The van der Waals surface area contributed by atoms with Gasteiger partial charge in [0.1, 0.15) is 27.8 Å². The van der Waals surface area contributed by atoms with E-state index < -0.39 is 32.2 Å². The number of rotatable bonds is 7. The third-order valence-corrected chi connectivity index (χ3v) is 5.78. The zero-order valence-corrected chi connectivity index (χ0v) is 15.8. The fraction of sp³-hybridized carbons (Fsp3) is 0.389. The Balaban J connectivity index is 1.74. The molecule has 1 aromatic heterocycles. The van der Waals surface area contributed by atoms with Gasteiger partial charge >= 0.3 is 0 Å². The molecular formula is C18H21FN2O5S. The van der Waals surface area contributed by atoms with Gasteiger partial charge < -0.3 is 14.8 Å². The van der Waals surface area contributed by atoms with Gasteiger partial charge in [-0.25, -0.2) is 17.5 Å². The number of hydrogen-bond acceptors (Lipinski definition) is 5. The molecule has 1 unspecified atom stereocenters. The summed E-state index contributed by atoms with van der Waals surface area (Å²) in [5, 5.41) is 13.0. The number of aliphatic hydroxyl groups is 1. The maximum Gasteiger partial charge on any atom is 0.251 e. The molecule has 9 heteroatoms. The third-order valence-electron chi connectivity index (χ3n) is 4.25. The summed E-state index contributed by atoms with van der Waals surface area (Å²) in [5.74, 6) is -0.663. The normalized spacial score (nSPS) is 16.7. The van der Waals surface area contributed by atoms with Crippen LogP contribution < -0.4 is 10.0 Å². The summed E-state index contributed by atoms with van der Waals surface area (Å²) >= 11 is 0. The quantitative estimate of drug-likeness (QED) is 0.661. The van der Waals surface area contributed by atoms with Crippen LogP contribution in [0.15, 0.2) is 39.6 Å². The van der Waals surface area contributed by atoms with E-state index >= 15 is 0 Å². The Bertz CT molecular complexity index is 964. The lowest BCUT2D eigenvalue weighted by molar-refractivity contribution is 0.0323. The zero-order valence-electron chi connectivity index (χ0n) is 15.0. The Kier molecular flexibility index (Phi) is 5.11. The molecule has 2 aromatic rings. The van der Waals surface area contributed by atoms with Crippen molar-refractivity contribution >= 4 is 15.9 Å². The predicted molar refractivity (Wildman–Crippen MR) is 95.1 cm³/mol. The Morgan fingerprint density at radius 3 is 2.63 bits per heavy atom. The number of furan rings is 1. The van der Waals surface area contributed by atoms with E-state index in [1.165, 1.54) is 13.0 Å². The first-order chi connectivity index (χ1) is 12.6. The molecule has 0 radical (unpaired) electrons. The topological polar surface area (TPSA) is 109 Å². The van der Waals surface area contributed by atoms with E-state index in [-0.39, 0.29) is 23.9 Å². The van der Waals surface area contributed by atoms with Crippen LogP contribution in [0, 0.1) is 12.7 Å². The largest absolute Gasteiger partial charge is 0.463 e. The van der Waals surface area contributed by atoms with E-state index in [1.54, 1.807) is 19.1 Å². The minimum absolute atomic E-state index is 0.0287. The summed E-state index contributed by atoms with van der Waals surface area (Å²) in [6, 6.07) is 6.22. The molecule has 7 nitrogen and oxygen atoms in total. The molecule has 0 saturated heterocycles. The van der Waals surface area contributed by atoms with Crippen LogP contribution in [0.3, 0.4) is 0 Å². The van der Waals surface area contributed by atoms with Gasteiger partial charge in [0.05, 0.1) is 6.54 Å². The number of aryl methyl sites for hydroxylation is 1. The van der Waals surface area contributed by atoms with Crippen LogP contribution in [-0.4, -0.2) is 32.0 Å². The number of hydrogen-bond donors (Lipinski definition) is 3. The van der Waals surface area contributed by atoms with Crippen LogP contribution in [0.1, 0.15) is 41.6 Å². The van der Waals surface area contributed by atoms with Gasteiger partial charge in [-0.2, -0.15) is 0 Å². The molecule has 1 aliphatic rings. The summed E-state index contributed by atoms with van der Waals surface area (Å²) in [4.78, 5) is 11.8. The molecule has 1 atom stereocenters. The molecular weight excluding hydrogens is 375 g/mol. The summed E-state index contributed by atoms with van der Waals surface area (Å²) in [6.45, 7) is 3.04. The van der Waals surface area contributed by atoms with E-state index in [9.17, 15) is 22.7 Å². The van der Waals surface area contributed by atoms with Crippen molar-refractivity contribution in [3.8, 4) is 0 Å². The summed E-state index contributed by atoms with van der Waals surface area (Å²) in [6.07, 6.45) is 1.42. The standard InChI is InChI=1S/C18H21FN2O5S/c1-11-3-8-16(26-11)18(2,23)10-20-17(22)12-4-7-14(19)15(9-12)27(24,25)21-13-5-6-13/h3-4,7-9,13,21,23H,5-6,10H2,1-2H3,(H,20,22). The number of carbonyl (C=O) groups excluding carboxylic acids is 1. The van der Waals surface area contributed by atoms with Crippen LogP contribution in [-0.2, 0) is 15.6 Å². The minimum atomic E-state index is -4.04. The Morgan fingerprint density at radius 1 is 1.33 bits per heavy atom. The Morgan fingerprint density at radius 2 is 2.04 bits per heavy atom. The van der Waals surface area contributed by atoms with E-state index in [2.05, 4.69) is 10.0 Å². The highest BCUT2D eigenvalue weighted by Gasteiger charge is 2.31. The monoisotopic (exact) mass is 396 g/mol. The molecule has 1 amide bonds. The van der Waals surface area contributed by atoms with Crippen LogP contribution in [0.5, 0.6) is 0 Å². The molecule has 1 aliphatic carbocycles. The average molecular weight is 396 g/mol. The smallest absolute Gasteiger partial charge is 0.251 e. The highest BCUT2D eigenvalue weighted by atomic mass is 32.2. The maximum absolute atomic E-state index is 14.0. The number of halogens is 1. The molecule has 1 fully saturated rings. The molecule has 0 aliphatic heterocycles. The second-order valence-corrected chi connectivity index (χ2v) is 8.59. The number of nitrogens with one attached hydrogen (secondary N) is 2. The summed E-state index contributed by atoms with van der Waals surface area (Å²) in [7, 11) is -4.04. The first kappa shape index (κ1) is 19.5. The lowest BCUT2D eigenvalue weighted by Crippen LogP contribution is -2.38. The number of carbonyl (C=O) groups is 1. The van der Waals surface area contributed by atoms with Crippen molar-refractivity contribution in [1.29, 1.82) is 0 Å². The maximum atomic E-state index is 14.0. The van der Waals surface area contributed by atoms with Crippen LogP contribution >= 0.6 is 0 Å². The fourth-order valence-corrected chi connectivity index (χ4v) is 3.91. The van der Waals surface area contributed by atoms with E-state index in [0.29, 0.717) is 18.6 Å². The number of sulfonamides is 1. The first-order valence-electron chi connectivity index (χ1n) is 8.48. The van der Waals surface area contributed by atoms with Gasteiger partial charge in [0, 0.05) is 11.6 Å². The van der Waals surface area contributed by atoms with Crippen molar-refractivity contribution in [3.63, 3.8) is 0 Å². The highest BCUT2D eigenvalue weighted by molar-refractivity contribution is 7.89. The molecule has 27 heavy (non-hydrogen) atoms. The fourth-order valence-electron chi connectivity index (χ4n) is 2.50. The SMILES string of the molecule is Cc1ccc(C(C)(O)CNC(=O)c2ccc(F)c(S(=O)(=O)NC3CC3)c2)o1. The van der Waals surface area contributed by atoms with Crippen LogP contribution in [0.4, 0.5) is 4.39 Å². The van der Waals surface area contributed by atoms with Gasteiger partial charge in [0.15, 0.2) is 0 Å². The minimum Gasteiger partial charge on any atom is -0.463 e. The van der Waals surface area contributed by atoms with Crippen molar-refractivity contribution in [1.82, 2.24) is 10.0 Å². The van der Waals surface area contributed by atoms with Crippen molar-refractivity contribution in [2.45, 2.75) is 43.2 Å². The average Bonchev–Trinajstić information content (AvgIpc) is 3.28. The molecule has 1 aromatic carbocycles. The molecule has 0 bridgehead atoms. The van der Waals surface area contributed by atoms with E-state index in [0.717, 1.165) is 12.1 Å². The number of benzene rings is 1. The molecule has 0 spiro atoms.